The minimum Gasteiger partial charge on any atom is -0.496 e. The van der Waals surface area contributed by atoms with Gasteiger partial charge in [-0.3, -0.25) is 4.68 Å². The molecular formula is C12H14ClN3O. The number of rotatable bonds is 2. The summed E-state index contributed by atoms with van der Waals surface area (Å²) in [5, 5.41) is 4.77. The summed E-state index contributed by atoms with van der Waals surface area (Å²) in [6.07, 6.45) is 1.85. The SMILES string of the molecule is COc1c(C)cc(Cl)cc1-c1cn(C)nc1N. The van der Waals surface area contributed by atoms with E-state index >= 15 is 0 Å². The Morgan fingerprint density at radius 1 is 1.35 bits per heavy atom. The Bertz CT molecular complexity index is 563. The van der Waals surface area contributed by atoms with Crippen LogP contribution >= 0.6 is 11.6 Å². The van der Waals surface area contributed by atoms with E-state index < -0.39 is 0 Å². The van der Waals surface area contributed by atoms with Gasteiger partial charge in [-0.25, -0.2) is 0 Å². The molecule has 5 heteroatoms. The van der Waals surface area contributed by atoms with Gasteiger partial charge in [0.2, 0.25) is 0 Å². The average molecular weight is 252 g/mol. The van der Waals surface area contributed by atoms with E-state index in [1.54, 1.807) is 11.8 Å². The maximum atomic E-state index is 6.06. The summed E-state index contributed by atoms with van der Waals surface area (Å²) in [4.78, 5) is 0. The van der Waals surface area contributed by atoms with Crippen molar-refractivity contribution in [2.75, 3.05) is 12.8 Å². The Kier molecular flexibility index (Phi) is 2.98. The predicted octanol–water partition coefficient (Wildman–Crippen LogP) is 2.64. The summed E-state index contributed by atoms with van der Waals surface area (Å²) in [5.41, 5.74) is 8.53. The fourth-order valence-electron chi connectivity index (χ4n) is 1.91. The molecule has 2 aromatic rings. The van der Waals surface area contributed by atoms with Gasteiger partial charge in [0.05, 0.1) is 7.11 Å². The van der Waals surface area contributed by atoms with Crippen LogP contribution in [0.5, 0.6) is 5.75 Å². The number of methoxy groups -OCH3 is 1. The smallest absolute Gasteiger partial charge is 0.153 e. The molecule has 1 aromatic carbocycles. The van der Waals surface area contributed by atoms with E-state index in [2.05, 4.69) is 5.10 Å². The first-order valence-electron chi connectivity index (χ1n) is 5.16. The molecule has 1 aromatic heterocycles. The van der Waals surface area contributed by atoms with Gasteiger partial charge in [0.15, 0.2) is 5.82 Å². The van der Waals surface area contributed by atoms with Crippen molar-refractivity contribution >= 4 is 17.4 Å². The average Bonchev–Trinajstić information content (AvgIpc) is 2.56. The highest BCUT2D eigenvalue weighted by molar-refractivity contribution is 6.31. The normalized spacial score (nSPS) is 10.6. The maximum Gasteiger partial charge on any atom is 0.153 e. The van der Waals surface area contributed by atoms with Crippen LogP contribution in [0.3, 0.4) is 0 Å². The van der Waals surface area contributed by atoms with Gasteiger partial charge in [-0.2, -0.15) is 5.10 Å². The zero-order valence-electron chi connectivity index (χ0n) is 9.99. The molecule has 90 valence electrons. The first-order chi connectivity index (χ1) is 8.02. The van der Waals surface area contributed by atoms with E-state index in [9.17, 15) is 0 Å². The highest BCUT2D eigenvalue weighted by atomic mass is 35.5. The van der Waals surface area contributed by atoms with E-state index in [1.165, 1.54) is 0 Å². The molecule has 0 radical (unpaired) electrons. The number of hydrogen-bond donors (Lipinski definition) is 1. The number of nitrogens with two attached hydrogens (primary N) is 1. The molecule has 0 saturated carbocycles. The number of aryl methyl sites for hydroxylation is 2. The second-order valence-corrected chi connectivity index (χ2v) is 4.34. The van der Waals surface area contributed by atoms with Crippen molar-refractivity contribution in [2.24, 2.45) is 7.05 Å². The van der Waals surface area contributed by atoms with Crippen LogP contribution in [0.15, 0.2) is 18.3 Å². The number of benzene rings is 1. The third kappa shape index (κ3) is 2.08. The van der Waals surface area contributed by atoms with Crippen molar-refractivity contribution in [1.82, 2.24) is 9.78 Å². The van der Waals surface area contributed by atoms with E-state index in [0.717, 1.165) is 22.4 Å². The lowest BCUT2D eigenvalue weighted by Gasteiger charge is -2.11. The zero-order valence-corrected chi connectivity index (χ0v) is 10.7. The predicted molar refractivity (Wildman–Crippen MR) is 69.4 cm³/mol. The van der Waals surface area contributed by atoms with E-state index in [1.807, 2.05) is 32.3 Å². The van der Waals surface area contributed by atoms with Crippen molar-refractivity contribution in [3.63, 3.8) is 0 Å². The molecule has 0 atom stereocenters. The molecule has 0 fully saturated rings. The fraction of sp³-hybridized carbons (Fsp3) is 0.250. The first kappa shape index (κ1) is 11.8. The standard InChI is InChI=1S/C12H14ClN3O/c1-7-4-8(13)5-9(11(7)17-3)10-6-16(2)15-12(10)14/h4-6H,1-3H3,(H2,14,15). The highest BCUT2D eigenvalue weighted by Crippen LogP contribution is 2.37. The molecule has 0 aliphatic carbocycles. The van der Waals surface area contributed by atoms with Crippen molar-refractivity contribution in [3.05, 3.63) is 28.9 Å². The van der Waals surface area contributed by atoms with Crippen molar-refractivity contribution in [1.29, 1.82) is 0 Å². The Labute approximate surface area is 105 Å². The van der Waals surface area contributed by atoms with Gasteiger partial charge < -0.3 is 10.5 Å². The second kappa shape index (κ2) is 4.30. The Morgan fingerprint density at radius 2 is 2.06 bits per heavy atom. The van der Waals surface area contributed by atoms with Crippen LogP contribution in [0, 0.1) is 6.92 Å². The summed E-state index contributed by atoms with van der Waals surface area (Å²) >= 11 is 6.06. The van der Waals surface area contributed by atoms with Crippen LogP contribution in [0.25, 0.3) is 11.1 Å². The van der Waals surface area contributed by atoms with Gasteiger partial charge >= 0.3 is 0 Å². The van der Waals surface area contributed by atoms with Crippen molar-refractivity contribution < 1.29 is 4.74 Å². The molecule has 0 unspecified atom stereocenters. The van der Waals surface area contributed by atoms with Crippen molar-refractivity contribution in [2.45, 2.75) is 6.92 Å². The fourth-order valence-corrected chi connectivity index (χ4v) is 2.19. The lowest BCUT2D eigenvalue weighted by molar-refractivity contribution is 0.413. The van der Waals surface area contributed by atoms with Crippen molar-refractivity contribution in [3.8, 4) is 16.9 Å². The molecule has 0 saturated heterocycles. The van der Waals surface area contributed by atoms with Crippen LogP contribution < -0.4 is 10.5 Å². The number of nitrogen functional groups attached to an aromatic ring is 1. The van der Waals surface area contributed by atoms with Gasteiger partial charge in [-0.15, -0.1) is 0 Å². The van der Waals surface area contributed by atoms with Gasteiger partial charge in [0.25, 0.3) is 0 Å². The number of aromatic nitrogens is 2. The minimum absolute atomic E-state index is 0.465. The molecule has 17 heavy (non-hydrogen) atoms. The van der Waals surface area contributed by atoms with Crippen LogP contribution in [-0.4, -0.2) is 16.9 Å². The Morgan fingerprint density at radius 3 is 2.59 bits per heavy atom. The summed E-state index contributed by atoms with van der Waals surface area (Å²) < 4.78 is 7.07. The van der Waals surface area contributed by atoms with Gasteiger partial charge in [-0.1, -0.05) is 11.6 Å². The van der Waals surface area contributed by atoms with Crippen LogP contribution in [0.1, 0.15) is 5.56 Å². The largest absolute Gasteiger partial charge is 0.496 e. The zero-order chi connectivity index (χ0) is 12.6. The van der Waals surface area contributed by atoms with Crippen LogP contribution in [0.4, 0.5) is 5.82 Å². The molecule has 2 N–H and O–H groups in total. The maximum absolute atomic E-state index is 6.06. The number of hydrogen-bond acceptors (Lipinski definition) is 3. The summed E-state index contributed by atoms with van der Waals surface area (Å²) in [7, 11) is 3.45. The summed E-state index contributed by atoms with van der Waals surface area (Å²) in [6.45, 7) is 1.95. The molecule has 0 aliphatic heterocycles. The number of halogens is 1. The molecule has 0 bridgehead atoms. The molecular weight excluding hydrogens is 238 g/mol. The Hall–Kier alpha value is -1.68. The number of anilines is 1. The molecule has 2 rings (SSSR count). The summed E-state index contributed by atoms with van der Waals surface area (Å²) in [6, 6.07) is 3.69. The van der Waals surface area contributed by atoms with E-state index in [-0.39, 0.29) is 0 Å². The van der Waals surface area contributed by atoms with E-state index in [0.29, 0.717) is 10.8 Å². The van der Waals surface area contributed by atoms with Gasteiger partial charge in [0.1, 0.15) is 5.75 Å². The highest BCUT2D eigenvalue weighted by Gasteiger charge is 2.15. The summed E-state index contributed by atoms with van der Waals surface area (Å²) in [5.74, 6) is 1.24. The lowest BCUT2D eigenvalue weighted by Crippen LogP contribution is -1.94. The quantitative estimate of drug-likeness (QED) is 0.893. The number of nitrogens with zero attached hydrogens (tertiary/aromatic N) is 2. The topological polar surface area (TPSA) is 53.1 Å². The molecule has 4 nitrogen and oxygen atoms in total. The third-order valence-corrected chi connectivity index (χ3v) is 2.81. The second-order valence-electron chi connectivity index (χ2n) is 3.91. The lowest BCUT2D eigenvalue weighted by atomic mass is 10.0. The first-order valence-corrected chi connectivity index (χ1v) is 5.54. The number of ether oxygens (including phenoxy) is 1. The third-order valence-electron chi connectivity index (χ3n) is 2.59. The van der Waals surface area contributed by atoms with Gasteiger partial charge in [-0.05, 0) is 24.6 Å². The van der Waals surface area contributed by atoms with Crippen LogP contribution in [0.2, 0.25) is 5.02 Å². The molecule has 0 spiro atoms. The monoisotopic (exact) mass is 251 g/mol. The minimum atomic E-state index is 0.465. The van der Waals surface area contributed by atoms with Crippen LogP contribution in [-0.2, 0) is 7.05 Å². The molecule has 0 amide bonds. The molecule has 1 heterocycles. The molecule has 0 aliphatic rings. The van der Waals surface area contributed by atoms with Gasteiger partial charge in [0, 0.05) is 29.4 Å². The Balaban J connectivity index is 2.69. The van der Waals surface area contributed by atoms with E-state index in [4.69, 9.17) is 22.1 Å².